The van der Waals surface area contributed by atoms with Gasteiger partial charge in [-0.1, -0.05) is 25.1 Å². The molecule has 2 N–H and O–H groups in total. The number of aromatic nitrogens is 1. The molecule has 0 unspecified atom stereocenters. The van der Waals surface area contributed by atoms with Gasteiger partial charge in [0.15, 0.2) is 0 Å². The van der Waals surface area contributed by atoms with Gasteiger partial charge in [-0.25, -0.2) is 9.78 Å². The number of aryl methyl sites for hydroxylation is 2. The normalized spacial score (nSPS) is 10.3. The highest BCUT2D eigenvalue weighted by atomic mass is 16.5. The number of nitrogens with zero attached hydrogens (tertiary/aromatic N) is 1. The molecule has 6 nitrogen and oxygen atoms in total. The molecule has 0 radical (unpaired) electrons. The van der Waals surface area contributed by atoms with E-state index in [2.05, 4.69) is 27.3 Å². The number of nitrogens with one attached hydrogen (secondary N) is 2. The van der Waals surface area contributed by atoms with Crippen LogP contribution in [-0.4, -0.2) is 24.0 Å². The van der Waals surface area contributed by atoms with E-state index in [9.17, 15) is 9.59 Å². The second-order valence-electron chi connectivity index (χ2n) is 6.54. The van der Waals surface area contributed by atoms with Crippen molar-refractivity contribution in [1.82, 2.24) is 4.98 Å². The number of benzene rings is 2. The standard InChI is InChI=1S/C23H23N3O3/c1-4-16-7-5-6-15(2)21(16)26-22(27)20-13-12-19(14-24-20)25-18-10-8-17(9-11-18)23(28)29-3/h5-14,25H,4H2,1-3H3,(H,26,27). The molecule has 0 atom stereocenters. The van der Waals surface area contributed by atoms with Crippen molar-refractivity contribution in [3.8, 4) is 0 Å². The molecule has 0 fully saturated rings. The van der Waals surface area contributed by atoms with Gasteiger partial charge in [0.1, 0.15) is 5.69 Å². The van der Waals surface area contributed by atoms with E-state index in [0.717, 1.165) is 34.6 Å². The van der Waals surface area contributed by atoms with Crippen LogP contribution in [-0.2, 0) is 11.2 Å². The number of methoxy groups -OCH3 is 1. The van der Waals surface area contributed by atoms with Crippen molar-refractivity contribution in [2.45, 2.75) is 20.3 Å². The van der Waals surface area contributed by atoms with Crippen molar-refractivity contribution in [3.63, 3.8) is 0 Å². The van der Waals surface area contributed by atoms with Gasteiger partial charge in [0.25, 0.3) is 5.91 Å². The Morgan fingerprint density at radius 2 is 1.72 bits per heavy atom. The Morgan fingerprint density at radius 3 is 2.34 bits per heavy atom. The van der Waals surface area contributed by atoms with Gasteiger partial charge in [-0.2, -0.15) is 0 Å². The van der Waals surface area contributed by atoms with Crippen molar-refractivity contribution in [3.05, 3.63) is 83.2 Å². The van der Waals surface area contributed by atoms with Crippen LogP contribution in [0.2, 0.25) is 0 Å². The smallest absolute Gasteiger partial charge is 0.337 e. The van der Waals surface area contributed by atoms with Crippen LogP contribution in [0.15, 0.2) is 60.8 Å². The van der Waals surface area contributed by atoms with Crippen molar-refractivity contribution in [2.75, 3.05) is 17.7 Å². The summed E-state index contributed by atoms with van der Waals surface area (Å²) in [5.74, 6) is -0.628. The molecule has 3 rings (SSSR count). The lowest BCUT2D eigenvalue weighted by molar-refractivity contribution is 0.0600. The monoisotopic (exact) mass is 389 g/mol. The first kappa shape index (κ1) is 20.1. The lowest BCUT2D eigenvalue weighted by Gasteiger charge is -2.13. The molecule has 1 amide bonds. The highest BCUT2D eigenvalue weighted by molar-refractivity contribution is 6.03. The first-order valence-corrected chi connectivity index (χ1v) is 9.33. The van der Waals surface area contributed by atoms with E-state index in [1.165, 1.54) is 7.11 Å². The Bertz CT molecular complexity index is 1010. The third-order valence-corrected chi connectivity index (χ3v) is 4.57. The van der Waals surface area contributed by atoms with Crippen LogP contribution in [0.5, 0.6) is 0 Å². The van der Waals surface area contributed by atoms with Crippen LogP contribution in [0.1, 0.15) is 38.9 Å². The summed E-state index contributed by atoms with van der Waals surface area (Å²) in [6.07, 6.45) is 2.43. The number of amides is 1. The van der Waals surface area contributed by atoms with Crippen LogP contribution in [0.3, 0.4) is 0 Å². The zero-order valence-corrected chi connectivity index (χ0v) is 16.7. The highest BCUT2D eigenvalue weighted by Crippen LogP contribution is 2.22. The van der Waals surface area contributed by atoms with E-state index >= 15 is 0 Å². The number of anilines is 3. The molecule has 0 saturated carbocycles. The Labute approximate surface area is 169 Å². The first-order valence-electron chi connectivity index (χ1n) is 9.33. The fourth-order valence-corrected chi connectivity index (χ4v) is 2.96. The van der Waals surface area contributed by atoms with Crippen LogP contribution < -0.4 is 10.6 Å². The van der Waals surface area contributed by atoms with Gasteiger partial charge < -0.3 is 15.4 Å². The van der Waals surface area contributed by atoms with Crippen molar-refractivity contribution in [2.24, 2.45) is 0 Å². The van der Waals surface area contributed by atoms with Gasteiger partial charge in [0.2, 0.25) is 0 Å². The third kappa shape index (κ3) is 4.79. The summed E-state index contributed by atoms with van der Waals surface area (Å²) in [5, 5.41) is 6.16. The number of carbonyl (C=O) groups excluding carboxylic acids is 2. The molecule has 3 aromatic rings. The summed E-state index contributed by atoms with van der Waals surface area (Å²) in [4.78, 5) is 28.3. The summed E-state index contributed by atoms with van der Waals surface area (Å²) >= 11 is 0. The number of hydrogen-bond acceptors (Lipinski definition) is 5. The Kier molecular flexibility index (Phi) is 6.24. The molecule has 0 bridgehead atoms. The fraction of sp³-hybridized carbons (Fsp3) is 0.174. The number of carbonyl (C=O) groups is 2. The van der Waals surface area contributed by atoms with Crippen LogP contribution in [0.25, 0.3) is 0 Å². The molecule has 6 heteroatoms. The lowest BCUT2D eigenvalue weighted by atomic mass is 10.1. The van der Waals surface area contributed by atoms with Gasteiger partial charge >= 0.3 is 5.97 Å². The molecule has 0 spiro atoms. The predicted octanol–water partition coefficient (Wildman–Crippen LogP) is 4.73. The number of rotatable bonds is 6. The third-order valence-electron chi connectivity index (χ3n) is 4.57. The van der Waals surface area contributed by atoms with Crippen LogP contribution in [0.4, 0.5) is 17.1 Å². The fourth-order valence-electron chi connectivity index (χ4n) is 2.96. The average Bonchev–Trinajstić information content (AvgIpc) is 2.75. The van der Waals surface area contributed by atoms with E-state index < -0.39 is 0 Å². The van der Waals surface area contributed by atoms with E-state index in [4.69, 9.17) is 0 Å². The molecule has 0 aliphatic heterocycles. The zero-order valence-electron chi connectivity index (χ0n) is 16.7. The maximum atomic E-state index is 12.6. The number of para-hydroxylation sites is 1. The van der Waals surface area contributed by atoms with Gasteiger partial charge in [-0.15, -0.1) is 0 Å². The molecule has 1 aromatic heterocycles. The maximum absolute atomic E-state index is 12.6. The number of pyridine rings is 1. The predicted molar refractivity (Wildman–Crippen MR) is 114 cm³/mol. The largest absolute Gasteiger partial charge is 0.465 e. The van der Waals surface area contributed by atoms with Gasteiger partial charge in [-0.3, -0.25) is 4.79 Å². The zero-order chi connectivity index (χ0) is 20.8. The lowest BCUT2D eigenvalue weighted by Crippen LogP contribution is -2.15. The van der Waals surface area contributed by atoms with Crippen LogP contribution in [0, 0.1) is 6.92 Å². The molecule has 0 aliphatic rings. The first-order chi connectivity index (χ1) is 14.0. The van der Waals surface area contributed by atoms with Gasteiger partial charge in [-0.05, 0) is 60.9 Å². The second kappa shape index (κ2) is 9.01. The second-order valence-corrected chi connectivity index (χ2v) is 6.54. The minimum absolute atomic E-state index is 0.247. The van der Waals surface area contributed by atoms with Crippen molar-refractivity contribution >= 4 is 28.9 Å². The quantitative estimate of drug-likeness (QED) is 0.596. The summed E-state index contributed by atoms with van der Waals surface area (Å²) in [5.41, 5.74) is 5.29. The number of hydrogen-bond donors (Lipinski definition) is 2. The van der Waals surface area contributed by atoms with Crippen LogP contribution >= 0.6 is 0 Å². The Morgan fingerprint density at radius 1 is 1.00 bits per heavy atom. The highest BCUT2D eigenvalue weighted by Gasteiger charge is 2.12. The number of esters is 1. The van der Waals surface area contributed by atoms with Crippen molar-refractivity contribution < 1.29 is 14.3 Å². The molecule has 2 aromatic carbocycles. The summed E-state index contributed by atoms with van der Waals surface area (Å²) in [7, 11) is 1.35. The number of ether oxygens (including phenoxy) is 1. The minimum atomic E-state index is -0.381. The molecule has 0 aliphatic carbocycles. The van der Waals surface area contributed by atoms with Gasteiger partial charge in [0, 0.05) is 11.4 Å². The molecule has 0 saturated heterocycles. The Hall–Kier alpha value is -3.67. The minimum Gasteiger partial charge on any atom is -0.465 e. The van der Waals surface area contributed by atoms with E-state index in [-0.39, 0.29) is 11.9 Å². The molecular formula is C23H23N3O3. The average molecular weight is 389 g/mol. The van der Waals surface area contributed by atoms with Crippen molar-refractivity contribution in [1.29, 1.82) is 0 Å². The SMILES string of the molecule is CCc1cccc(C)c1NC(=O)c1ccc(Nc2ccc(C(=O)OC)cc2)cn1. The molecule has 148 valence electrons. The summed E-state index contributed by atoms with van der Waals surface area (Å²) < 4.78 is 4.69. The topological polar surface area (TPSA) is 80.3 Å². The molecule has 29 heavy (non-hydrogen) atoms. The maximum Gasteiger partial charge on any atom is 0.337 e. The van der Waals surface area contributed by atoms with Gasteiger partial charge in [0.05, 0.1) is 24.6 Å². The van der Waals surface area contributed by atoms with E-state index in [1.807, 2.05) is 25.1 Å². The Balaban J connectivity index is 1.68. The van der Waals surface area contributed by atoms with E-state index in [1.54, 1.807) is 42.6 Å². The van der Waals surface area contributed by atoms with E-state index in [0.29, 0.717) is 11.3 Å². The summed E-state index contributed by atoms with van der Waals surface area (Å²) in [6.45, 7) is 4.03. The molecule has 1 heterocycles. The molecular weight excluding hydrogens is 366 g/mol. The summed E-state index contributed by atoms with van der Waals surface area (Å²) in [6, 6.07) is 16.3.